The van der Waals surface area contributed by atoms with Crippen molar-refractivity contribution in [2.45, 2.75) is 13.8 Å². The molecule has 0 aliphatic rings. The van der Waals surface area contributed by atoms with Crippen molar-refractivity contribution in [3.8, 4) is 22.8 Å². The third-order valence-corrected chi connectivity index (χ3v) is 5.17. The van der Waals surface area contributed by atoms with Crippen molar-refractivity contribution in [3.05, 3.63) is 90.0 Å². The van der Waals surface area contributed by atoms with E-state index in [-0.39, 0.29) is 5.91 Å². The Morgan fingerprint density at radius 1 is 1.00 bits per heavy atom. The summed E-state index contributed by atoms with van der Waals surface area (Å²) in [5, 5.41) is 4.93. The lowest BCUT2D eigenvalue weighted by atomic mass is 10.0. The van der Waals surface area contributed by atoms with Crippen molar-refractivity contribution >= 4 is 23.0 Å². The SMILES string of the molecule is COc1cc(/C=N/NC(=O)c2cc(-c3ccccc3)nc3ccccc23)ccc1OCC(C)C. The van der Waals surface area contributed by atoms with Gasteiger partial charge in [0.25, 0.3) is 5.91 Å². The molecule has 0 saturated heterocycles. The van der Waals surface area contributed by atoms with E-state index in [1.54, 1.807) is 19.4 Å². The lowest BCUT2D eigenvalue weighted by Crippen LogP contribution is -2.18. The first-order chi connectivity index (χ1) is 16.5. The van der Waals surface area contributed by atoms with E-state index < -0.39 is 0 Å². The summed E-state index contributed by atoms with van der Waals surface area (Å²) < 4.78 is 11.2. The molecule has 0 saturated carbocycles. The molecule has 1 amide bonds. The van der Waals surface area contributed by atoms with Gasteiger partial charge in [0.2, 0.25) is 0 Å². The number of fused-ring (bicyclic) bond motifs is 1. The zero-order valence-corrected chi connectivity index (χ0v) is 19.5. The van der Waals surface area contributed by atoms with Crippen molar-refractivity contribution in [2.75, 3.05) is 13.7 Å². The van der Waals surface area contributed by atoms with Crippen LogP contribution in [0.2, 0.25) is 0 Å². The van der Waals surface area contributed by atoms with Gasteiger partial charge in [0, 0.05) is 10.9 Å². The van der Waals surface area contributed by atoms with Crippen LogP contribution < -0.4 is 14.9 Å². The Morgan fingerprint density at radius 2 is 1.76 bits per heavy atom. The Balaban J connectivity index is 1.56. The van der Waals surface area contributed by atoms with Crippen molar-refractivity contribution < 1.29 is 14.3 Å². The second-order valence-corrected chi connectivity index (χ2v) is 8.25. The molecule has 172 valence electrons. The summed E-state index contributed by atoms with van der Waals surface area (Å²) >= 11 is 0. The molecule has 4 rings (SSSR count). The van der Waals surface area contributed by atoms with Gasteiger partial charge >= 0.3 is 0 Å². The number of ether oxygens (including phenoxy) is 2. The summed E-state index contributed by atoms with van der Waals surface area (Å²) in [5.41, 5.74) is 6.35. The average Bonchev–Trinajstić information content (AvgIpc) is 2.87. The average molecular weight is 454 g/mol. The third kappa shape index (κ3) is 5.41. The van der Waals surface area contributed by atoms with Crippen molar-refractivity contribution in [3.63, 3.8) is 0 Å². The molecular formula is C28H27N3O3. The van der Waals surface area contributed by atoms with Crippen LogP contribution in [0, 0.1) is 5.92 Å². The van der Waals surface area contributed by atoms with Crippen LogP contribution in [0.15, 0.2) is 84.0 Å². The number of nitrogens with zero attached hydrogens (tertiary/aromatic N) is 2. The maximum Gasteiger partial charge on any atom is 0.272 e. The molecule has 34 heavy (non-hydrogen) atoms. The largest absolute Gasteiger partial charge is 0.493 e. The van der Waals surface area contributed by atoms with Crippen LogP contribution in [0.25, 0.3) is 22.2 Å². The van der Waals surface area contributed by atoms with E-state index >= 15 is 0 Å². The van der Waals surface area contributed by atoms with Gasteiger partial charge < -0.3 is 9.47 Å². The Morgan fingerprint density at radius 3 is 2.53 bits per heavy atom. The molecule has 0 radical (unpaired) electrons. The monoisotopic (exact) mass is 453 g/mol. The fourth-order valence-corrected chi connectivity index (χ4v) is 3.49. The summed E-state index contributed by atoms with van der Waals surface area (Å²) in [7, 11) is 1.60. The van der Waals surface area contributed by atoms with Gasteiger partial charge in [0.15, 0.2) is 11.5 Å². The summed E-state index contributed by atoms with van der Waals surface area (Å²) in [4.78, 5) is 17.8. The molecule has 0 aliphatic heterocycles. The van der Waals surface area contributed by atoms with E-state index in [1.165, 1.54) is 0 Å². The summed E-state index contributed by atoms with van der Waals surface area (Å²) in [6, 6.07) is 24.7. The molecule has 6 nitrogen and oxygen atoms in total. The number of carbonyl (C=O) groups excluding carboxylic acids is 1. The maximum absolute atomic E-state index is 13.1. The van der Waals surface area contributed by atoms with Crippen LogP contribution in [-0.2, 0) is 0 Å². The summed E-state index contributed by atoms with van der Waals surface area (Å²) in [6.07, 6.45) is 1.58. The van der Waals surface area contributed by atoms with Gasteiger partial charge in [0.05, 0.1) is 36.7 Å². The van der Waals surface area contributed by atoms with Gasteiger partial charge in [-0.25, -0.2) is 10.4 Å². The van der Waals surface area contributed by atoms with E-state index in [2.05, 4.69) is 24.4 Å². The standard InChI is InChI=1S/C28H27N3O3/c1-19(2)18-34-26-14-13-20(15-27(26)33-3)17-29-31-28(32)23-16-25(21-9-5-4-6-10-21)30-24-12-8-7-11-22(23)24/h4-17,19H,18H2,1-3H3,(H,31,32)/b29-17+. The highest BCUT2D eigenvalue weighted by atomic mass is 16.5. The maximum atomic E-state index is 13.1. The van der Waals surface area contributed by atoms with E-state index in [1.807, 2.05) is 72.8 Å². The molecule has 1 aromatic heterocycles. The van der Waals surface area contributed by atoms with Crippen LogP contribution >= 0.6 is 0 Å². The van der Waals surface area contributed by atoms with E-state index in [0.29, 0.717) is 29.6 Å². The van der Waals surface area contributed by atoms with Crippen molar-refractivity contribution in [2.24, 2.45) is 11.0 Å². The van der Waals surface area contributed by atoms with Gasteiger partial charge in [-0.05, 0) is 41.8 Å². The first-order valence-electron chi connectivity index (χ1n) is 11.1. The number of aromatic nitrogens is 1. The Hall–Kier alpha value is -4.19. The van der Waals surface area contributed by atoms with Crippen molar-refractivity contribution in [1.82, 2.24) is 10.4 Å². The Kier molecular flexibility index (Phi) is 7.18. The molecule has 0 aliphatic carbocycles. The third-order valence-electron chi connectivity index (χ3n) is 5.17. The van der Waals surface area contributed by atoms with Crippen LogP contribution in [0.1, 0.15) is 29.8 Å². The number of rotatable bonds is 8. The number of pyridine rings is 1. The second kappa shape index (κ2) is 10.6. The predicted molar refractivity (Wildman–Crippen MR) is 136 cm³/mol. The molecule has 4 aromatic rings. The number of carbonyl (C=O) groups is 1. The van der Waals surface area contributed by atoms with E-state index in [0.717, 1.165) is 27.7 Å². The number of benzene rings is 3. The fourth-order valence-electron chi connectivity index (χ4n) is 3.49. The lowest BCUT2D eigenvalue weighted by Gasteiger charge is -2.12. The second-order valence-electron chi connectivity index (χ2n) is 8.25. The normalized spacial score (nSPS) is 11.2. The van der Waals surface area contributed by atoms with Gasteiger partial charge in [-0.15, -0.1) is 0 Å². The molecule has 0 bridgehead atoms. The van der Waals surface area contributed by atoms with Gasteiger partial charge in [0.1, 0.15) is 0 Å². The number of amides is 1. The molecule has 0 unspecified atom stereocenters. The Labute approximate surface area is 199 Å². The fraction of sp³-hybridized carbons (Fsp3) is 0.179. The van der Waals surface area contributed by atoms with Gasteiger partial charge in [-0.3, -0.25) is 4.79 Å². The van der Waals surface area contributed by atoms with Crippen LogP contribution in [0.4, 0.5) is 0 Å². The number of hydrazone groups is 1. The molecule has 0 fully saturated rings. The summed E-state index contributed by atoms with van der Waals surface area (Å²) in [5.74, 6) is 1.39. The van der Waals surface area contributed by atoms with Gasteiger partial charge in [-0.1, -0.05) is 62.4 Å². The number of methoxy groups -OCH3 is 1. The molecule has 0 spiro atoms. The van der Waals surface area contributed by atoms with Crippen LogP contribution in [0.3, 0.4) is 0 Å². The molecule has 6 heteroatoms. The van der Waals surface area contributed by atoms with Gasteiger partial charge in [-0.2, -0.15) is 5.10 Å². The first-order valence-corrected chi connectivity index (χ1v) is 11.1. The lowest BCUT2D eigenvalue weighted by molar-refractivity contribution is 0.0956. The van der Waals surface area contributed by atoms with Crippen LogP contribution in [-0.4, -0.2) is 30.8 Å². The molecular weight excluding hydrogens is 426 g/mol. The van der Waals surface area contributed by atoms with Crippen LogP contribution in [0.5, 0.6) is 11.5 Å². The first kappa shape index (κ1) is 23.0. The van der Waals surface area contributed by atoms with E-state index in [9.17, 15) is 4.79 Å². The Bertz CT molecular complexity index is 1320. The smallest absolute Gasteiger partial charge is 0.272 e. The zero-order valence-electron chi connectivity index (χ0n) is 19.5. The topological polar surface area (TPSA) is 72.8 Å². The summed E-state index contributed by atoms with van der Waals surface area (Å²) in [6.45, 7) is 4.78. The molecule has 0 atom stereocenters. The number of para-hydroxylation sites is 1. The number of nitrogens with one attached hydrogen (secondary N) is 1. The molecule has 1 N–H and O–H groups in total. The number of hydrogen-bond donors (Lipinski definition) is 1. The molecule has 1 heterocycles. The minimum atomic E-state index is -0.309. The highest BCUT2D eigenvalue weighted by Gasteiger charge is 2.13. The van der Waals surface area contributed by atoms with Crippen molar-refractivity contribution in [1.29, 1.82) is 0 Å². The van der Waals surface area contributed by atoms with E-state index in [4.69, 9.17) is 14.5 Å². The highest BCUT2D eigenvalue weighted by molar-refractivity contribution is 6.07. The minimum Gasteiger partial charge on any atom is -0.493 e. The minimum absolute atomic E-state index is 0.309. The molecule has 3 aromatic carbocycles. The predicted octanol–water partition coefficient (Wildman–Crippen LogP) is 5.71. The number of hydrogen-bond acceptors (Lipinski definition) is 5. The zero-order chi connectivity index (χ0) is 23.9. The highest BCUT2D eigenvalue weighted by Crippen LogP contribution is 2.28. The quantitative estimate of drug-likeness (QED) is 0.274.